The van der Waals surface area contributed by atoms with Gasteiger partial charge in [0.25, 0.3) is 5.91 Å². The van der Waals surface area contributed by atoms with E-state index in [2.05, 4.69) is 4.98 Å². The smallest absolute Gasteiger partial charge is 0.257 e. The van der Waals surface area contributed by atoms with Crippen molar-refractivity contribution in [3.05, 3.63) is 28.8 Å². The molecule has 4 nitrogen and oxygen atoms in total. The SMILES string of the molecule is COCC(C)N(C)C(=O)c1cc(F)cnc1Cl. The second kappa shape index (κ2) is 5.93. The number of carbonyl (C=O) groups is 1. The van der Waals surface area contributed by atoms with Gasteiger partial charge in [-0.15, -0.1) is 0 Å². The van der Waals surface area contributed by atoms with Crippen LogP contribution in [0.3, 0.4) is 0 Å². The van der Waals surface area contributed by atoms with E-state index in [0.717, 1.165) is 12.3 Å². The van der Waals surface area contributed by atoms with Crippen molar-refractivity contribution in [2.75, 3.05) is 20.8 Å². The molecule has 0 spiro atoms. The standard InChI is InChI=1S/C11H14ClFN2O2/c1-7(6-17-3)15(2)11(16)9-4-8(13)5-14-10(9)12/h4-5,7H,6H2,1-3H3. The van der Waals surface area contributed by atoms with Gasteiger partial charge in [-0.25, -0.2) is 9.37 Å². The topological polar surface area (TPSA) is 42.4 Å². The van der Waals surface area contributed by atoms with Crippen molar-refractivity contribution in [2.45, 2.75) is 13.0 Å². The molecule has 1 unspecified atom stereocenters. The van der Waals surface area contributed by atoms with Crippen molar-refractivity contribution in [1.29, 1.82) is 0 Å². The number of methoxy groups -OCH3 is 1. The van der Waals surface area contributed by atoms with Crippen LogP contribution in [0.15, 0.2) is 12.3 Å². The predicted molar refractivity (Wildman–Crippen MR) is 62.6 cm³/mol. The van der Waals surface area contributed by atoms with Crippen LogP contribution >= 0.6 is 11.6 Å². The Balaban J connectivity index is 2.92. The van der Waals surface area contributed by atoms with E-state index in [1.54, 1.807) is 14.2 Å². The van der Waals surface area contributed by atoms with Crippen molar-refractivity contribution >= 4 is 17.5 Å². The summed E-state index contributed by atoms with van der Waals surface area (Å²) in [6, 6.07) is 0.945. The molecule has 1 atom stereocenters. The van der Waals surface area contributed by atoms with Gasteiger partial charge >= 0.3 is 0 Å². The third kappa shape index (κ3) is 3.38. The molecule has 6 heteroatoms. The maximum atomic E-state index is 13.0. The van der Waals surface area contributed by atoms with E-state index in [1.807, 2.05) is 6.92 Å². The van der Waals surface area contributed by atoms with Crippen LogP contribution in [0.4, 0.5) is 4.39 Å². The Labute approximate surface area is 104 Å². The molecule has 1 aromatic heterocycles. The lowest BCUT2D eigenvalue weighted by molar-refractivity contribution is 0.0633. The monoisotopic (exact) mass is 260 g/mol. The first-order valence-electron chi connectivity index (χ1n) is 5.04. The molecule has 0 radical (unpaired) electrons. The summed E-state index contributed by atoms with van der Waals surface area (Å²) in [7, 11) is 3.15. The molecular weight excluding hydrogens is 247 g/mol. The summed E-state index contributed by atoms with van der Waals surface area (Å²) in [5.74, 6) is -0.975. The summed E-state index contributed by atoms with van der Waals surface area (Å²) in [5, 5.41) is -0.00660. The Kier molecular flexibility index (Phi) is 4.84. The molecule has 1 aromatic rings. The molecule has 1 rings (SSSR count). The first kappa shape index (κ1) is 13.9. The van der Waals surface area contributed by atoms with Crippen LogP contribution in [0, 0.1) is 5.82 Å². The van der Waals surface area contributed by atoms with Gasteiger partial charge in [0.15, 0.2) is 0 Å². The quantitative estimate of drug-likeness (QED) is 0.778. The van der Waals surface area contributed by atoms with Crippen LogP contribution in [0.2, 0.25) is 5.15 Å². The second-order valence-electron chi connectivity index (χ2n) is 3.71. The minimum absolute atomic E-state index is 0.00660. The van der Waals surface area contributed by atoms with E-state index in [9.17, 15) is 9.18 Å². The second-order valence-corrected chi connectivity index (χ2v) is 4.07. The summed E-state index contributed by atoms with van der Waals surface area (Å²) in [5.41, 5.74) is 0.0529. The van der Waals surface area contributed by atoms with Gasteiger partial charge in [-0.3, -0.25) is 4.79 Å². The van der Waals surface area contributed by atoms with E-state index in [1.165, 1.54) is 4.90 Å². The normalized spacial score (nSPS) is 12.3. The van der Waals surface area contributed by atoms with Gasteiger partial charge < -0.3 is 9.64 Å². The molecule has 0 N–H and O–H groups in total. The highest BCUT2D eigenvalue weighted by atomic mass is 35.5. The van der Waals surface area contributed by atoms with Crippen LogP contribution in [0.25, 0.3) is 0 Å². The first-order chi connectivity index (χ1) is 7.97. The highest BCUT2D eigenvalue weighted by Gasteiger charge is 2.20. The van der Waals surface area contributed by atoms with Gasteiger partial charge in [0, 0.05) is 14.2 Å². The summed E-state index contributed by atoms with van der Waals surface area (Å²) in [4.78, 5) is 17.0. The number of pyridine rings is 1. The van der Waals surface area contributed by atoms with Gasteiger partial charge in [-0.05, 0) is 13.0 Å². The molecule has 0 aromatic carbocycles. The zero-order valence-corrected chi connectivity index (χ0v) is 10.7. The van der Waals surface area contributed by atoms with E-state index in [0.29, 0.717) is 6.61 Å². The number of carbonyl (C=O) groups excluding carboxylic acids is 1. The molecule has 0 aliphatic rings. The molecule has 1 heterocycles. The molecule has 1 amide bonds. The summed E-state index contributed by atoms with van der Waals surface area (Å²) < 4.78 is 18.0. The number of rotatable bonds is 4. The molecule has 17 heavy (non-hydrogen) atoms. The third-order valence-corrected chi connectivity index (χ3v) is 2.73. The summed E-state index contributed by atoms with van der Waals surface area (Å²) in [6.07, 6.45) is 0.970. The molecule has 0 aliphatic carbocycles. The van der Waals surface area contributed by atoms with E-state index in [-0.39, 0.29) is 22.7 Å². The number of amides is 1. The Bertz CT molecular complexity index is 414. The van der Waals surface area contributed by atoms with Crippen LogP contribution < -0.4 is 0 Å². The number of ether oxygens (including phenoxy) is 1. The van der Waals surface area contributed by atoms with Gasteiger partial charge in [0.05, 0.1) is 24.4 Å². The number of nitrogens with zero attached hydrogens (tertiary/aromatic N) is 2. The fourth-order valence-electron chi connectivity index (χ4n) is 1.32. The van der Waals surface area contributed by atoms with Crippen molar-refractivity contribution in [1.82, 2.24) is 9.88 Å². The van der Waals surface area contributed by atoms with E-state index in [4.69, 9.17) is 16.3 Å². The molecule has 0 saturated heterocycles. The first-order valence-corrected chi connectivity index (χ1v) is 5.42. The van der Waals surface area contributed by atoms with Crippen LogP contribution in [0.1, 0.15) is 17.3 Å². The fourth-order valence-corrected chi connectivity index (χ4v) is 1.50. The average Bonchev–Trinajstić information content (AvgIpc) is 2.30. The van der Waals surface area contributed by atoms with Crippen LogP contribution in [-0.2, 0) is 4.74 Å². The van der Waals surface area contributed by atoms with Crippen LogP contribution in [-0.4, -0.2) is 42.6 Å². The van der Waals surface area contributed by atoms with Gasteiger partial charge in [0.2, 0.25) is 0 Å². The lowest BCUT2D eigenvalue weighted by Gasteiger charge is -2.24. The van der Waals surface area contributed by atoms with Gasteiger partial charge in [-0.2, -0.15) is 0 Å². The Morgan fingerprint density at radius 3 is 2.94 bits per heavy atom. The Morgan fingerprint density at radius 1 is 1.71 bits per heavy atom. The predicted octanol–water partition coefficient (Wildman–Crippen LogP) is 1.98. The van der Waals surface area contributed by atoms with Crippen molar-refractivity contribution in [3.63, 3.8) is 0 Å². The lowest BCUT2D eigenvalue weighted by atomic mass is 10.2. The minimum Gasteiger partial charge on any atom is -0.383 e. The van der Waals surface area contributed by atoms with Gasteiger partial charge in [-0.1, -0.05) is 11.6 Å². The van der Waals surface area contributed by atoms with Crippen molar-refractivity contribution in [2.24, 2.45) is 0 Å². The fraction of sp³-hybridized carbons (Fsp3) is 0.455. The van der Waals surface area contributed by atoms with E-state index < -0.39 is 5.82 Å². The lowest BCUT2D eigenvalue weighted by Crippen LogP contribution is -2.38. The molecule has 0 saturated carbocycles. The molecule has 94 valence electrons. The Hall–Kier alpha value is -1.20. The van der Waals surface area contributed by atoms with Crippen LogP contribution in [0.5, 0.6) is 0 Å². The highest BCUT2D eigenvalue weighted by Crippen LogP contribution is 2.16. The summed E-state index contributed by atoms with van der Waals surface area (Å²) in [6.45, 7) is 2.21. The average molecular weight is 261 g/mol. The zero-order chi connectivity index (χ0) is 13.0. The maximum absolute atomic E-state index is 13.0. The molecule has 0 bridgehead atoms. The highest BCUT2D eigenvalue weighted by molar-refractivity contribution is 6.32. The molecule has 0 fully saturated rings. The minimum atomic E-state index is -0.592. The largest absolute Gasteiger partial charge is 0.383 e. The number of hydrogen-bond acceptors (Lipinski definition) is 3. The van der Waals surface area contributed by atoms with Gasteiger partial charge in [0.1, 0.15) is 11.0 Å². The maximum Gasteiger partial charge on any atom is 0.257 e. The number of hydrogen-bond donors (Lipinski definition) is 0. The molecular formula is C11H14ClFN2O2. The van der Waals surface area contributed by atoms with Crippen molar-refractivity contribution < 1.29 is 13.9 Å². The number of halogens is 2. The Morgan fingerprint density at radius 2 is 2.35 bits per heavy atom. The third-order valence-electron chi connectivity index (χ3n) is 2.43. The number of aromatic nitrogens is 1. The molecule has 0 aliphatic heterocycles. The van der Waals surface area contributed by atoms with E-state index >= 15 is 0 Å². The zero-order valence-electron chi connectivity index (χ0n) is 9.91. The van der Waals surface area contributed by atoms with Crippen molar-refractivity contribution in [3.8, 4) is 0 Å². The summed E-state index contributed by atoms with van der Waals surface area (Å²) >= 11 is 5.76. The number of likely N-dealkylation sites (N-methyl/N-ethyl adjacent to an activating group) is 1.